The molecule has 4 saturated carbocycles. The van der Waals surface area contributed by atoms with Gasteiger partial charge < -0.3 is 15.8 Å². The Kier molecular flexibility index (Phi) is 7.17. The van der Waals surface area contributed by atoms with Gasteiger partial charge in [0.2, 0.25) is 0 Å². The van der Waals surface area contributed by atoms with Crippen LogP contribution in [0.1, 0.15) is 97.5 Å². The minimum Gasteiger partial charge on any atom is -0.357 e. The largest absolute Gasteiger partial charge is 0.357 e. The highest BCUT2D eigenvalue weighted by atomic mass is 16.5. The van der Waals surface area contributed by atoms with Gasteiger partial charge in [-0.05, 0) is 129 Å². The van der Waals surface area contributed by atoms with Crippen molar-refractivity contribution in [3.05, 3.63) is 30.1 Å². The maximum atomic E-state index is 7.11. The first-order valence-corrected chi connectivity index (χ1v) is 17.0. The van der Waals surface area contributed by atoms with Gasteiger partial charge in [-0.2, -0.15) is 0 Å². The van der Waals surface area contributed by atoms with Crippen molar-refractivity contribution >= 4 is 0 Å². The molecule has 4 aliphatic carbocycles. The first kappa shape index (κ1) is 27.8. The van der Waals surface area contributed by atoms with Crippen molar-refractivity contribution in [1.82, 2.24) is 15.6 Å². The smallest absolute Gasteiger partial charge is 0.122 e. The lowest BCUT2D eigenvalue weighted by molar-refractivity contribution is -0.134. The second-order valence-corrected chi connectivity index (χ2v) is 16.0. The lowest BCUT2D eigenvalue weighted by Gasteiger charge is -2.61. The van der Waals surface area contributed by atoms with Gasteiger partial charge in [0.05, 0.1) is 6.10 Å². The Balaban J connectivity index is 0.987. The van der Waals surface area contributed by atoms with Gasteiger partial charge in [-0.1, -0.05) is 33.8 Å². The van der Waals surface area contributed by atoms with Crippen LogP contribution in [0.25, 0.3) is 0 Å². The van der Waals surface area contributed by atoms with E-state index in [-0.39, 0.29) is 11.8 Å². The second-order valence-electron chi connectivity index (χ2n) is 16.0. The predicted octanol–water partition coefficient (Wildman–Crippen LogP) is 5.93. The molecule has 0 amide bonds. The van der Waals surface area contributed by atoms with Crippen LogP contribution in [0.15, 0.2) is 24.5 Å². The van der Waals surface area contributed by atoms with E-state index in [0.717, 1.165) is 55.0 Å². The zero-order valence-corrected chi connectivity index (χ0v) is 25.7. The molecule has 6 aliphatic rings. The third-order valence-electron chi connectivity index (χ3n) is 14.0. The highest BCUT2D eigenvalue weighted by molar-refractivity contribution is 5.16. The van der Waals surface area contributed by atoms with Crippen LogP contribution in [0.3, 0.4) is 0 Å². The van der Waals surface area contributed by atoms with E-state index in [0.29, 0.717) is 28.9 Å². The summed E-state index contributed by atoms with van der Waals surface area (Å²) in [5.41, 5.74) is 8.71. The summed E-state index contributed by atoms with van der Waals surface area (Å²) >= 11 is 0. The van der Waals surface area contributed by atoms with Gasteiger partial charge in [-0.3, -0.25) is 10.3 Å². The second kappa shape index (κ2) is 10.3. The molecule has 1 aromatic rings. The molecule has 40 heavy (non-hydrogen) atoms. The number of fused-ring (bicyclic) bond motifs is 7. The summed E-state index contributed by atoms with van der Waals surface area (Å²) in [6.45, 7) is 12.4. The molecule has 0 bridgehead atoms. The number of piperidine rings is 1. The van der Waals surface area contributed by atoms with E-state index in [9.17, 15) is 0 Å². The Hall–Kier alpha value is -1.01. The van der Waals surface area contributed by atoms with E-state index in [2.05, 4.69) is 49.4 Å². The standard InChI is InChI=1S/C35H56N4O/c1-22-9-14-35(39-19-22)23(2)32-31(40-35)18-30-28-8-7-25-17-27(38-21-26(36)16-24-6-5-15-37-20-24)10-12-33(25,3)29(28)11-13-34(30,32)4/h5-6,15,20,22-23,25-32,38-39H,7-14,16-19,21,36H2,1-4H3/t22-,23-,25-,26-,27?,28+,29-,30-,31-,32-,33-,34-,35-/m0/s1. The molecule has 5 heteroatoms. The molecule has 2 aliphatic heterocycles. The maximum Gasteiger partial charge on any atom is 0.122 e. The van der Waals surface area contributed by atoms with E-state index < -0.39 is 0 Å². The number of hydrogen-bond donors (Lipinski definition) is 3. The Morgan fingerprint density at radius 3 is 2.67 bits per heavy atom. The SMILES string of the molecule is C[C@H]1CC[C@]2(NC1)O[C@H]1C[C@H]3[C@@H]4CC[C@H]5CC(NC[C@@H](N)Cc6cccnc6)CC[C@]5(C)[C@H]4CC[C@]3(C)[C@H]1[C@@H]2C. The molecule has 5 nitrogen and oxygen atoms in total. The Labute approximate surface area is 243 Å². The Morgan fingerprint density at radius 2 is 1.90 bits per heavy atom. The van der Waals surface area contributed by atoms with Crippen LogP contribution in [-0.4, -0.2) is 42.0 Å². The monoisotopic (exact) mass is 548 g/mol. The van der Waals surface area contributed by atoms with Gasteiger partial charge in [-0.25, -0.2) is 0 Å². The van der Waals surface area contributed by atoms with Gasteiger partial charge in [0.25, 0.3) is 0 Å². The molecule has 3 heterocycles. The number of nitrogens with one attached hydrogen (secondary N) is 2. The quantitative estimate of drug-likeness (QED) is 0.425. The van der Waals surface area contributed by atoms with Crippen LogP contribution < -0.4 is 16.4 Å². The molecule has 0 radical (unpaired) electrons. The number of ether oxygens (including phenoxy) is 1. The zero-order valence-electron chi connectivity index (χ0n) is 25.7. The molecule has 222 valence electrons. The van der Waals surface area contributed by atoms with Crippen molar-refractivity contribution in [2.45, 2.75) is 122 Å². The van der Waals surface area contributed by atoms with Gasteiger partial charge in [0.1, 0.15) is 5.72 Å². The molecule has 6 fully saturated rings. The Morgan fingerprint density at radius 1 is 1.05 bits per heavy atom. The number of rotatable bonds is 5. The fourth-order valence-electron chi connectivity index (χ4n) is 11.9. The molecule has 4 N–H and O–H groups in total. The summed E-state index contributed by atoms with van der Waals surface area (Å²) in [6.07, 6.45) is 18.8. The summed E-state index contributed by atoms with van der Waals surface area (Å²) < 4.78 is 7.11. The lowest BCUT2D eigenvalue weighted by atomic mass is 9.44. The van der Waals surface area contributed by atoms with E-state index in [4.69, 9.17) is 10.5 Å². The number of nitrogens with two attached hydrogens (primary N) is 1. The average molecular weight is 549 g/mol. The van der Waals surface area contributed by atoms with Crippen LogP contribution in [0.2, 0.25) is 0 Å². The fourth-order valence-corrected chi connectivity index (χ4v) is 11.9. The fraction of sp³-hybridized carbons (Fsp3) is 0.857. The molecule has 0 aromatic carbocycles. The number of aromatic nitrogens is 1. The van der Waals surface area contributed by atoms with Gasteiger partial charge in [0.15, 0.2) is 0 Å². The average Bonchev–Trinajstić information content (AvgIpc) is 3.39. The highest BCUT2D eigenvalue weighted by Crippen LogP contribution is 2.71. The van der Waals surface area contributed by atoms with Crippen LogP contribution in [0.4, 0.5) is 0 Å². The van der Waals surface area contributed by atoms with E-state index in [1.807, 2.05) is 18.5 Å². The summed E-state index contributed by atoms with van der Waals surface area (Å²) in [7, 11) is 0. The summed E-state index contributed by atoms with van der Waals surface area (Å²) in [6, 6.07) is 4.94. The van der Waals surface area contributed by atoms with Crippen molar-refractivity contribution in [2.24, 2.45) is 58.0 Å². The number of hydrogen-bond acceptors (Lipinski definition) is 5. The van der Waals surface area contributed by atoms with E-state index in [1.165, 1.54) is 69.8 Å². The van der Waals surface area contributed by atoms with Crippen LogP contribution in [-0.2, 0) is 11.2 Å². The first-order chi connectivity index (χ1) is 19.2. The summed E-state index contributed by atoms with van der Waals surface area (Å²) in [5.74, 6) is 5.71. The highest BCUT2D eigenvalue weighted by Gasteiger charge is 2.68. The summed E-state index contributed by atoms with van der Waals surface area (Å²) in [4.78, 5) is 4.25. The molecule has 1 spiro atoms. The topological polar surface area (TPSA) is 72.2 Å². The van der Waals surface area contributed by atoms with Crippen LogP contribution in [0.5, 0.6) is 0 Å². The summed E-state index contributed by atoms with van der Waals surface area (Å²) in [5, 5.41) is 7.83. The van der Waals surface area contributed by atoms with Gasteiger partial charge >= 0.3 is 0 Å². The van der Waals surface area contributed by atoms with E-state index in [1.54, 1.807) is 0 Å². The van der Waals surface area contributed by atoms with Crippen molar-refractivity contribution < 1.29 is 4.74 Å². The maximum absolute atomic E-state index is 7.11. The normalized spacial score (nSPS) is 50.6. The van der Waals surface area contributed by atoms with Crippen LogP contribution in [0, 0.1) is 52.3 Å². The van der Waals surface area contributed by atoms with Crippen molar-refractivity contribution in [2.75, 3.05) is 13.1 Å². The predicted molar refractivity (Wildman–Crippen MR) is 161 cm³/mol. The minimum atomic E-state index is -0.0395. The van der Waals surface area contributed by atoms with Crippen LogP contribution >= 0.6 is 0 Å². The third kappa shape index (κ3) is 4.43. The molecule has 2 saturated heterocycles. The number of pyridine rings is 1. The molecule has 13 atom stereocenters. The molecular formula is C35H56N4O. The molecule has 1 unspecified atom stereocenters. The van der Waals surface area contributed by atoms with Gasteiger partial charge in [-0.15, -0.1) is 0 Å². The van der Waals surface area contributed by atoms with Crippen molar-refractivity contribution in [1.29, 1.82) is 0 Å². The van der Waals surface area contributed by atoms with Crippen molar-refractivity contribution in [3.8, 4) is 0 Å². The molecule has 7 rings (SSSR count). The van der Waals surface area contributed by atoms with Crippen molar-refractivity contribution in [3.63, 3.8) is 0 Å². The molecule has 1 aromatic heterocycles. The first-order valence-electron chi connectivity index (χ1n) is 17.0. The minimum absolute atomic E-state index is 0.0395. The number of nitrogens with zero attached hydrogens (tertiary/aromatic N) is 1. The molecular weight excluding hydrogens is 492 g/mol. The Bertz CT molecular complexity index is 1040. The van der Waals surface area contributed by atoms with Gasteiger partial charge in [0, 0.05) is 43.5 Å². The third-order valence-corrected chi connectivity index (χ3v) is 14.0. The van der Waals surface area contributed by atoms with E-state index >= 15 is 0 Å². The lowest BCUT2D eigenvalue weighted by Crippen LogP contribution is -2.58. The zero-order chi connectivity index (χ0) is 27.7.